The molecular formula is C19H19FN2O4S2. The van der Waals surface area contributed by atoms with Gasteiger partial charge in [-0.25, -0.2) is 22.5 Å². The Morgan fingerprint density at radius 1 is 1.11 bits per heavy atom. The molecule has 0 saturated carbocycles. The maximum absolute atomic E-state index is 13.0. The minimum Gasteiger partial charge on any atom is -0.497 e. The van der Waals surface area contributed by atoms with Crippen molar-refractivity contribution in [2.24, 2.45) is 0 Å². The highest BCUT2D eigenvalue weighted by Crippen LogP contribution is 2.28. The predicted octanol–water partition coefficient (Wildman–Crippen LogP) is 3.49. The molecule has 0 saturated heterocycles. The smallest absolute Gasteiger partial charge is 0.244 e. The molecule has 0 atom stereocenters. The third kappa shape index (κ3) is 4.67. The number of ether oxygens (including phenoxy) is 2. The Balaban J connectivity index is 1.65. The van der Waals surface area contributed by atoms with E-state index in [-0.39, 0.29) is 23.0 Å². The average Bonchev–Trinajstić information content (AvgIpc) is 3.16. The van der Waals surface area contributed by atoms with Gasteiger partial charge in [0.25, 0.3) is 0 Å². The maximum atomic E-state index is 13.0. The Kier molecular flexibility index (Phi) is 6.28. The van der Waals surface area contributed by atoms with Crippen molar-refractivity contribution in [2.75, 3.05) is 20.8 Å². The molecule has 148 valence electrons. The fraction of sp³-hybridized carbons (Fsp3) is 0.211. The number of benzene rings is 2. The lowest BCUT2D eigenvalue weighted by Gasteiger charge is -2.11. The lowest BCUT2D eigenvalue weighted by Crippen LogP contribution is -2.26. The summed E-state index contributed by atoms with van der Waals surface area (Å²) in [6, 6.07) is 10.6. The number of hydrogen-bond donors (Lipinski definition) is 1. The van der Waals surface area contributed by atoms with Crippen LogP contribution >= 0.6 is 11.3 Å². The summed E-state index contributed by atoms with van der Waals surface area (Å²) in [4.78, 5) is 4.52. The lowest BCUT2D eigenvalue weighted by atomic mass is 10.2. The van der Waals surface area contributed by atoms with Gasteiger partial charge >= 0.3 is 0 Å². The molecule has 0 amide bonds. The quantitative estimate of drug-likeness (QED) is 0.601. The molecular weight excluding hydrogens is 403 g/mol. The Labute approximate surface area is 167 Å². The number of nitrogens with zero attached hydrogens (tertiary/aromatic N) is 1. The van der Waals surface area contributed by atoms with E-state index in [0.717, 1.165) is 16.3 Å². The topological polar surface area (TPSA) is 77.5 Å². The van der Waals surface area contributed by atoms with Gasteiger partial charge in [-0.15, -0.1) is 11.3 Å². The standard InChI is InChI=1S/C19H19FN2O4S2/c1-25-16-7-8-18(17(11-16)26-2)28(23,24)21-10-9-15-12-27-19(22-15)13-3-5-14(20)6-4-13/h3-8,11-12,21H,9-10H2,1-2H3. The number of methoxy groups -OCH3 is 2. The molecule has 1 heterocycles. The second-order valence-corrected chi connectivity index (χ2v) is 8.41. The van der Waals surface area contributed by atoms with Gasteiger partial charge in [0.15, 0.2) is 0 Å². The van der Waals surface area contributed by atoms with Gasteiger partial charge < -0.3 is 9.47 Å². The Morgan fingerprint density at radius 2 is 1.86 bits per heavy atom. The molecule has 0 aliphatic carbocycles. The summed E-state index contributed by atoms with van der Waals surface area (Å²) in [5.74, 6) is 0.412. The fourth-order valence-corrected chi connectivity index (χ4v) is 4.58. The van der Waals surface area contributed by atoms with Crippen LogP contribution in [-0.2, 0) is 16.4 Å². The second-order valence-electron chi connectivity index (χ2n) is 5.82. The van der Waals surface area contributed by atoms with Crippen LogP contribution < -0.4 is 14.2 Å². The summed E-state index contributed by atoms with van der Waals surface area (Å²) < 4.78 is 51.0. The van der Waals surface area contributed by atoms with Gasteiger partial charge in [0.05, 0.1) is 19.9 Å². The summed E-state index contributed by atoms with van der Waals surface area (Å²) in [6.45, 7) is 0.185. The van der Waals surface area contributed by atoms with E-state index in [0.29, 0.717) is 12.2 Å². The summed E-state index contributed by atoms with van der Waals surface area (Å²) in [6.07, 6.45) is 0.426. The first kappa shape index (κ1) is 20.2. The van der Waals surface area contributed by atoms with E-state index >= 15 is 0 Å². The van der Waals surface area contributed by atoms with Gasteiger partial charge in [0.2, 0.25) is 10.0 Å². The highest BCUT2D eigenvalue weighted by molar-refractivity contribution is 7.89. The maximum Gasteiger partial charge on any atom is 0.244 e. The molecule has 0 aliphatic heterocycles. The minimum atomic E-state index is -3.74. The SMILES string of the molecule is COc1ccc(S(=O)(=O)NCCc2csc(-c3ccc(F)cc3)n2)c(OC)c1. The summed E-state index contributed by atoms with van der Waals surface area (Å²) >= 11 is 1.43. The Hall–Kier alpha value is -2.49. The van der Waals surface area contributed by atoms with Crippen LogP contribution in [0.4, 0.5) is 4.39 Å². The van der Waals surface area contributed by atoms with Crippen LogP contribution in [0, 0.1) is 5.82 Å². The number of sulfonamides is 1. The fourth-order valence-electron chi connectivity index (χ4n) is 2.53. The molecule has 6 nitrogen and oxygen atoms in total. The predicted molar refractivity (Wildman–Crippen MR) is 106 cm³/mol. The monoisotopic (exact) mass is 422 g/mol. The summed E-state index contributed by atoms with van der Waals surface area (Å²) in [7, 11) is -0.847. The van der Waals surface area contributed by atoms with E-state index in [1.165, 1.54) is 49.8 Å². The molecule has 1 aromatic heterocycles. The van der Waals surface area contributed by atoms with Crippen molar-refractivity contribution >= 4 is 21.4 Å². The van der Waals surface area contributed by atoms with E-state index < -0.39 is 10.0 Å². The molecule has 9 heteroatoms. The molecule has 3 rings (SSSR count). The van der Waals surface area contributed by atoms with Gasteiger partial charge in [0.1, 0.15) is 27.2 Å². The Morgan fingerprint density at radius 3 is 2.54 bits per heavy atom. The number of hydrogen-bond acceptors (Lipinski definition) is 6. The molecule has 0 bridgehead atoms. The normalized spacial score (nSPS) is 11.4. The van der Waals surface area contributed by atoms with Gasteiger partial charge in [-0.3, -0.25) is 0 Å². The third-order valence-corrected chi connectivity index (χ3v) is 6.42. The van der Waals surface area contributed by atoms with Crippen LogP contribution in [-0.4, -0.2) is 34.2 Å². The van der Waals surface area contributed by atoms with Crippen molar-refractivity contribution < 1.29 is 22.3 Å². The zero-order valence-electron chi connectivity index (χ0n) is 15.3. The van der Waals surface area contributed by atoms with Crippen molar-refractivity contribution in [3.8, 4) is 22.1 Å². The average molecular weight is 423 g/mol. The van der Waals surface area contributed by atoms with Crippen LogP contribution in [0.3, 0.4) is 0 Å². The van der Waals surface area contributed by atoms with Crippen LogP contribution in [0.15, 0.2) is 52.7 Å². The molecule has 28 heavy (non-hydrogen) atoms. The summed E-state index contributed by atoms with van der Waals surface area (Å²) in [5, 5.41) is 2.62. The molecule has 0 aliphatic rings. The Bertz CT molecular complexity index is 1050. The zero-order valence-corrected chi connectivity index (χ0v) is 16.9. The number of aromatic nitrogens is 1. The van der Waals surface area contributed by atoms with Crippen LogP contribution in [0.25, 0.3) is 10.6 Å². The van der Waals surface area contributed by atoms with E-state index in [2.05, 4.69) is 9.71 Å². The largest absolute Gasteiger partial charge is 0.497 e. The minimum absolute atomic E-state index is 0.0427. The van der Waals surface area contributed by atoms with Crippen LogP contribution in [0.1, 0.15) is 5.69 Å². The number of rotatable bonds is 8. The van der Waals surface area contributed by atoms with Gasteiger partial charge in [-0.1, -0.05) is 0 Å². The van der Waals surface area contributed by atoms with Crippen LogP contribution in [0.2, 0.25) is 0 Å². The number of halogens is 1. The molecule has 1 N–H and O–H groups in total. The molecule has 0 unspecified atom stereocenters. The molecule has 2 aromatic carbocycles. The number of thiazole rings is 1. The van der Waals surface area contributed by atoms with E-state index in [1.54, 1.807) is 18.2 Å². The van der Waals surface area contributed by atoms with E-state index in [1.807, 2.05) is 5.38 Å². The van der Waals surface area contributed by atoms with Gasteiger partial charge in [-0.05, 0) is 36.4 Å². The highest BCUT2D eigenvalue weighted by atomic mass is 32.2. The molecule has 0 fully saturated rings. The zero-order chi connectivity index (χ0) is 20.1. The highest BCUT2D eigenvalue weighted by Gasteiger charge is 2.20. The van der Waals surface area contributed by atoms with Crippen LogP contribution in [0.5, 0.6) is 11.5 Å². The van der Waals surface area contributed by atoms with Crippen molar-refractivity contribution in [1.29, 1.82) is 0 Å². The lowest BCUT2D eigenvalue weighted by molar-refractivity contribution is 0.386. The van der Waals surface area contributed by atoms with Crippen molar-refractivity contribution in [2.45, 2.75) is 11.3 Å². The number of nitrogens with one attached hydrogen (secondary N) is 1. The summed E-state index contributed by atoms with van der Waals surface area (Å²) in [5.41, 5.74) is 1.58. The first-order valence-electron chi connectivity index (χ1n) is 8.35. The first-order chi connectivity index (χ1) is 13.4. The van der Waals surface area contributed by atoms with Gasteiger partial charge in [-0.2, -0.15) is 0 Å². The van der Waals surface area contributed by atoms with Crippen molar-refractivity contribution in [1.82, 2.24) is 9.71 Å². The van der Waals surface area contributed by atoms with Crippen molar-refractivity contribution in [3.63, 3.8) is 0 Å². The molecule has 3 aromatic rings. The van der Waals surface area contributed by atoms with E-state index in [4.69, 9.17) is 9.47 Å². The van der Waals surface area contributed by atoms with Gasteiger partial charge in [0, 0.05) is 30.0 Å². The second kappa shape index (κ2) is 8.68. The molecule has 0 spiro atoms. The van der Waals surface area contributed by atoms with Crippen molar-refractivity contribution in [3.05, 3.63) is 59.4 Å². The third-order valence-electron chi connectivity index (χ3n) is 3.98. The van der Waals surface area contributed by atoms with E-state index in [9.17, 15) is 12.8 Å². The molecule has 0 radical (unpaired) electrons. The first-order valence-corrected chi connectivity index (χ1v) is 10.7.